The monoisotopic (exact) mass is 351 g/mol. The summed E-state index contributed by atoms with van der Waals surface area (Å²) >= 11 is 0. The maximum absolute atomic E-state index is 6.06. The molecule has 0 N–H and O–H groups in total. The van der Waals surface area contributed by atoms with E-state index in [1.807, 2.05) is 18.2 Å². The number of unbranched alkanes of at least 4 members (excludes halogenated alkanes) is 1. The molecule has 1 heterocycles. The second-order valence-corrected chi connectivity index (χ2v) is 7.43. The smallest absolute Gasteiger partial charge is 0.146 e. The van der Waals surface area contributed by atoms with E-state index in [9.17, 15) is 0 Å². The van der Waals surface area contributed by atoms with Crippen LogP contribution >= 0.6 is 0 Å². The first-order valence-corrected chi connectivity index (χ1v) is 9.62. The molecule has 2 aromatic rings. The Kier molecular flexibility index (Phi) is 5.60. The highest BCUT2D eigenvalue weighted by atomic mass is 16.5. The Hall–Kier alpha value is -2.36. The Bertz CT molecular complexity index is 815. The van der Waals surface area contributed by atoms with Gasteiger partial charge in [-0.25, -0.2) is 0 Å². The molecule has 0 fully saturated rings. The maximum atomic E-state index is 6.06. The van der Waals surface area contributed by atoms with E-state index in [0.29, 0.717) is 6.61 Å². The van der Waals surface area contributed by atoms with E-state index in [1.54, 1.807) is 4.80 Å². The third-order valence-corrected chi connectivity index (χ3v) is 5.12. The van der Waals surface area contributed by atoms with Crippen LogP contribution in [0, 0.1) is 0 Å². The number of hydrogen-bond acceptors (Lipinski definition) is 3. The van der Waals surface area contributed by atoms with Gasteiger partial charge >= 0.3 is 0 Å². The van der Waals surface area contributed by atoms with Crippen LogP contribution in [0.4, 0.5) is 0 Å². The van der Waals surface area contributed by atoms with Crippen molar-refractivity contribution in [3.05, 3.63) is 53.4 Å². The molecular formula is C22H29N3O. The molecule has 138 valence electrons. The van der Waals surface area contributed by atoms with Crippen molar-refractivity contribution in [2.45, 2.75) is 58.8 Å². The van der Waals surface area contributed by atoms with E-state index in [1.165, 1.54) is 5.56 Å². The molecule has 26 heavy (non-hydrogen) atoms. The summed E-state index contributed by atoms with van der Waals surface area (Å²) in [5.41, 5.74) is 4.22. The second kappa shape index (κ2) is 7.90. The number of nitrogens with zero attached hydrogens (tertiary/aromatic N) is 3. The highest BCUT2D eigenvalue weighted by Crippen LogP contribution is 2.32. The van der Waals surface area contributed by atoms with Gasteiger partial charge in [-0.2, -0.15) is 5.10 Å². The van der Waals surface area contributed by atoms with Crippen LogP contribution in [-0.2, 0) is 11.8 Å². The number of rotatable bonds is 7. The predicted molar refractivity (Wildman–Crippen MR) is 107 cm³/mol. The van der Waals surface area contributed by atoms with Crippen LogP contribution < -0.4 is 4.74 Å². The quantitative estimate of drug-likeness (QED) is 0.639. The van der Waals surface area contributed by atoms with Crippen molar-refractivity contribution in [3.63, 3.8) is 0 Å². The minimum Gasteiger partial charge on any atom is -0.491 e. The van der Waals surface area contributed by atoms with Crippen LogP contribution in [0.2, 0.25) is 0 Å². The van der Waals surface area contributed by atoms with Crippen molar-refractivity contribution < 1.29 is 4.74 Å². The summed E-state index contributed by atoms with van der Waals surface area (Å²) in [4.78, 5) is 1.74. The topological polar surface area (TPSA) is 39.9 Å². The molecule has 0 aliphatic heterocycles. The molecule has 0 spiro atoms. The van der Waals surface area contributed by atoms with E-state index in [0.717, 1.165) is 48.5 Å². The molecule has 0 bridgehead atoms. The van der Waals surface area contributed by atoms with Gasteiger partial charge in [-0.1, -0.05) is 58.4 Å². The Morgan fingerprint density at radius 3 is 2.77 bits per heavy atom. The maximum Gasteiger partial charge on any atom is 0.146 e. The fraction of sp³-hybridized carbons (Fsp3) is 0.455. The Morgan fingerprint density at radius 2 is 2.00 bits per heavy atom. The second-order valence-electron chi connectivity index (χ2n) is 7.43. The van der Waals surface area contributed by atoms with Crippen LogP contribution in [0.15, 0.2) is 36.4 Å². The third kappa shape index (κ3) is 3.90. The number of fused-ring (bicyclic) bond motifs is 1. The molecule has 0 atom stereocenters. The molecule has 4 heteroatoms. The Balaban J connectivity index is 2.03. The van der Waals surface area contributed by atoms with Crippen LogP contribution in [0.3, 0.4) is 0 Å². The van der Waals surface area contributed by atoms with E-state index in [2.05, 4.69) is 52.0 Å². The summed E-state index contributed by atoms with van der Waals surface area (Å²) in [6, 6.07) is 6.43. The lowest BCUT2D eigenvalue weighted by atomic mass is 9.82. The van der Waals surface area contributed by atoms with Gasteiger partial charge in [0.1, 0.15) is 17.1 Å². The van der Waals surface area contributed by atoms with E-state index >= 15 is 0 Å². The van der Waals surface area contributed by atoms with Crippen molar-refractivity contribution in [2.75, 3.05) is 6.61 Å². The van der Waals surface area contributed by atoms with Gasteiger partial charge in [0, 0.05) is 6.42 Å². The van der Waals surface area contributed by atoms with Gasteiger partial charge in [0.15, 0.2) is 0 Å². The fourth-order valence-corrected chi connectivity index (χ4v) is 2.88. The zero-order chi connectivity index (χ0) is 18.6. The van der Waals surface area contributed by atoms with E-state index < -0.39 is 0 Å². The van der Waals surface area contributed by atoms with Crippen molar-refractivity contribution in [1.82, 2.24) is 15.0 Å². The fourth-order valence-electron chi connectivity index (χ4n) is 2.88. The average Bonchev–Trinajstić information content (AvgIpc) is 2.92. The zero-order valence-electron chi connectivity index (χ0n) is 16.3. The average molecular weight is 351 g/mol. The molecule has 0 saturated carbocycles. The molecule has 0 unspecified atom stereocenters. The van der Waals surface area contributed by atoms with Crippen molar-refractivity contribution in [1.29, 1.82) is 0 Å². The molecule has 1 aliphatic carbocycles. The SMILES string of the molecule is CCCCOc1ccc(C(C)(C)CC)cc1-n1nc2c(n1)CC=CC=C2. The number of allylic oxidation sites excluding steroid dienone is 3. The molecule has 3 rings (SSSR count). The summed E-state index contributed by atoms with van der Waals surface area (Å²) in [5, 5.41) is 9.46. The van der Waals surface area contributed by atoms with Gasteiger partial charge in [-0.3, -0.25) is 0 Å². The normalized spacial score (nSPS) is 13.5. The predicted octanol–water partition coefficient (Wildman–Crippen LogP) is 5.26. The van der Waals surface area contributed by atoms with Crippen LogP contribution in [0.25, 0.3) is 11.8 Å². The van der Waals surface area contributed by atoms with Gasteiger partial charge in [0.05, 0.1) is 12.3 Å². The van der Waals surface area contributed by atoms with Crippen molar-refractivity contribution in [2.24, 2.45) is 0 Å². The third-order valence-electron chi connectivity index (χ3n) is 5.12. The summed E-state index contributed by atoms with van der Waals surface area (Å²) in [5.74, 6) is 0.846. The summed E-state index contributed by atoms with van der Waals surface area (Å²) < 4.78 is 6.06. The lowest BCUT2D eigenvalue weighted by Crippen LogP contribution is -2.16. The molecule has 0 amide bonds. The molecule has 1 aliphatic rings. The first-order chi connectivity index (χ1) is 12.5. The van der Waals surface area contributed by atoms with E-state index in [-0.39, 0.29) is 5.41 Å². The summed E-state index contributed by atoms with van der Waals surface area (Å²) in [6.07, 6.45) is 12.2. The molecule has 1 aromatic heterocycles. The summed E-state index contributed by atoms with van der Waals surface area (Å²) in [7, 11) is 0. The zero-order valence-corrected chi connectivity index (χ0v) is 16.3. The van der Waals surface area contributed by atoms with Crippen molar-refractivity contribution in [3.8, 4) is 11.4 Å². The lowest BCUT2D eigenvalue weighted by molar-refractivity contribution is 0.307. The highest BCUT2D eigenvalue weighted by Gasteiger charge is 2.21. The molecule has 1 aromatic carbocycles. The van der Waals surface area contributed by atoms with Gasteiger partial charge in [0.25, 0.3) is 0 Å². The van der Waals surface area contributed by atoms with Crippen LogP contribution in [-0.4, -0.2) is 21.6 Å². The summed E-state index contributed by atoms with van der Waals surface area (Å²) in [6.45, 7) is 9.63. The van der Waals surface area contributed by atoms with Crippen molar-refractivity contribution >= 4 is 6.08 Å². The number of ether oxygens (including phenoxy) is 1. The minimum absolute atomic E-state index is 0.101. The van der Waals surface area contributed by atoms with Gasteiger partial charge < -0.3 is 4.74 Å². The molecule has 0 saturated heterocycles. The van der Waals surface area contributed by atoms with Gasteiger partial charge in [0.2, 0.25) is 0 Å². The first kappa shape index (κ1) is 18.4. The highest BCUT2D eigenvalue weighted by molar-refractivity contribution is 5.54. The molecular weight excluding hydrogens is 322 g/mol. The Labute approximate surface area is 156 Å². The molecule has 4 nitrogen and oxygen atoms in total. The Morgan fingerprint density at radius 1 is 1.15 bits per heavy atom. The largest absolute Gasteiger partial charge is 0.491 e. The number of benzene rings is 1. The first-order valence-electron chi connectivity index (χ1n) is 9.62. The molecule has 0 radical (unpaired) electrons. The van der Waals surface area contributed by atoms with Crippen LogP contribution in [0.5, 0.6) is 5.75 Å². The lowest BCUT2D eigenvalue weighted by Gasteiger charge is -2.24. The standard InChI is InChI=1S/C22H29N3O/c1-5-7-15-26-21-14-13-17(22(3,4)6-2)16-20(21)25-23-18-11-9-8-10-12-19(18)24-25/h8-11,13-14,16H,5-7,12,15H2,1-4H3. The van der Waals surface area contributed by atoms with E-state index in [4.69, 9.17) is 14.9 Å². The van der Waals surface area contributed by atoms with Gasteiger partial charge in [-0.15, -0.1) is 9.90 Å². The van der Waals surface area contributed by atoms with Crippen LogP contribution in [0.1, 0.15) is 63.9 Å². The van der Waals surface area contributed by atoms with Gasteiger partial charge in [-0.05, 0) is 42.0 Å². The minimum atomic E-state index is 0.101. The number of aromatic nitrogens is 3. The number of hydrogen-bond donors (Lipinski definition) is 0.